The van der Waals surface area contributed by atoms with Gasteiger partial charge < -0.3 is 10.1 Å². The largest absolute Gasteiger partial charge is 0.491 e. The molecule has 4 heterocycles. The number of aryl methyl sites for hydroxylation is 1. The molecule has 38 heavy (non-hydrogen) atoms. The van der Waals surface area contributed by atoms with Crippen LogP contribution in [0.15, 0.2) is 30.5 Å². The molecule has 1 aromatic carbocycles. The van der Waals surface area contributed by atoms with Crippen LogP contribution < -0.4 is 15.0 Å². The van der Waals surface area contributed by atoms with Gasteiger partial charge in [0, 0.05) is 30.3 Å². The van der Waals surface area contributed by atoms with E-state index in [1.54, 1.807) is 12.3 Å². The third-order valence-electron chi connectivity index (χ3n) is 8.84. The summed E-state index contributed by atoms with van der Waals surface area (Å²) in [6.45, 7) is 7.01. The topological polar surface area (TPSA) is 74.8 Å². The lowest BCUT2D eigenvalue weighted by Gasteiger charge is -2.49. The Morgan fingerprint density at radius 2 is 1.89 bits per heavy atom. The molecule has 1 saturated heterocycles. The first-order valence-electron chi connectivity index (χ1n) is 13.6. The Balaban J connectivity index is 1.05. The van der Waals surface area contributed by atoms with Crippen LogP contribution >= 0.6 is 0 Å². The van der Waals surface area contributed by atoms with Crippen molar-refractivity contribution in [2.24, 2.45) is 5.41 Å². The van der Waals surface area contributed by atoms with E-state index in [0.29, 0.717) is 68.9 Å². The van der Waals surface area contributed by atoms with Crippen LogP contribution in [0.4, 0.5) is 20.3 Å². The van der Waals surface area contributed by atoms with Crippen molar-refractivity contribution in [3.8, 4) is 5.75 Å². The predicted molar refractivity (Wildman–Crippen MR) is 140 cm³/mol. The highest BCUT2D eigenvalue weighted by atomic mass is 19.3. The molecule has 7 nitrogen and oxygen atoms in total. The number of pyridine rings is 1. The molecule has 2 fully saturated rings. The van der Waals surface area contributed by atoms with E-state index in [1.807, 2.05) is 11.0 Å². The van der Waals surface area contributed by atoms with Crippen LogP contribution in [0, 0.1) is 5.41 Å². The van der Waals surface area contributed by atoms with Gasteiger partial charge in [0.1, 0.15) is 18.2 Å². The summed E-state index contributed by atoms with van der Waals surface area (Å²) in [6, 6.07) is 6.72. The monoisotopic (exact) mass is 524 g/mol. The molecule has 4 aliphatic rings. The van der Waals surface area contributed by atoms with Crippen molar-refractivity contribution in [1.82, 2.24) is 9.88 Å². The average molecular weight is 525 g/mol. The number of amides is 2. The molecule has 1 aromatic heterocycles. The number of carbonyl (C=O) groups excluding carboxylic acids is 2. The Morgan fingerprint density at radius 1 is 1.13 bits per heavy atom. The molecule has 9 heteroatoms. The minimum atomic E-state index is -2.56. The van der Waals surface area contributed by atoms with Gasteiger partial charge in [-0.15, -0.1) is 0 Å². The van der Waals surface area contributed by atoms with Crippen molar-refractivity contribution in [3.63, 3.8) is 0 Å². The van der Waals surface area contributed by atoms with Crippen LogP contribution in [0.25, 0.3) is 0 Å². The summed E-state index contributed by atoms with van der Waals surface area (Å²) in [5.41, 5.74) is 1.91. The van der Waals surface area contributed by atoms with E-state index in [1.165, 1.54) is 12.1 Å². The van der Waals surface area contributed by atoms with E-state index in [-0.39, 0.29) is 28.8 Å². The van der Waals surface area contributed by atoms with E-state index in [0.717, 1.165) is 24.2 Å². The summed E-state index contributed by atoms with van der Waals surface area (Å²) in [5, 5.41) is 2.89. The minimum Gasteiger partial charge on any atom is -0.491 e. The van der Waals surface area contributed by atoms with E-state index in [9.17, 15) is 18.4 Å². The molecule has 2 amide bonds. The van der Waals surface area contributed by atoms with Gasteiger partial charge in [0.05, 0.1) is 11.6 Å². The predicted octanol–water partition coefficient (Wildman–Crippen LogP) is 4.85. The number of aromatic nitrogens is 1. The number of hydrogen-bond acceptors (Lipinski definition) is 5. The number of anilines is 2. The molecule has 0 radical (unpaired) electrons. The summed E-state index contributed by atoms with van der Waals surface area (Å²) < 4.78 is 32.6. The number of fused-ring (bicyclic) bond motifs is 3. The summed E-state index contributed by atoms with van der Waals surface area (Å²) in [4.78, 5) is 34.3. The molecule has 1 saturated carbocycles. The molecule has 1 aliphatic carbocycles. The van der Waals surface area contributed by atoms with Crippen molar-refractivity contribution in [3.05, 3.63) is 47.2 Å². The molecule has 2 aromatic rings. The first-order chi connectivity index (χ1) is 18.1. The second kappa shape index (κ2) is 9.29. The van der Waals surface area contributed by atoms with E-state index >= 15 is 0 Å². The third-order valence-corrected chi connectivity index (χ3v) is 8.84. The SMILES string of the molecule is CC1(C)CC(N2C(=O)CCc3cc(OCCN4CCC5(CC4)C(=O)Nc4ccc(C(F)F)cc45)cnc32)C1. The maximum Gasteiger partial charge on any atom is 0.263 e. The zero-order chi connectivity index (χ0) is 26.7. The second-order valence-corrected chi connectivity index (χ2v) is 12.0. The van der Waals surface area contributed by atoms with E-state index in [2.05, 4.69) is 29.0 Å². The quantitative estimate of drug-likeness (QED) is 0.585. The van der Waals surface area contributed by atoms with Gasteiger partial charge in [0.25, 0.3) is 6.43 Å². The smallest absolute Gasteiger partial charge is 0.263 e. The van der Waals surface area contributed by atoms with Gasteiger partial charge in [-0.1, -0.05) is 19.9 Å². The molecular formula is C29H34F2N4O3. The van der Waals surface area contributed by atoms with Crippen LogP contribution in [0.2, 0.25) is 0 Å². The maximum absolute atomic E-state index is 13.3. The number of nitrogens with one attached hydrogen (secondary N) is 1. The molecule has 0 bridgehead atoms. The Bertz CT molecular complexity index is 1260. The number of benzene rings is 1. The fourth-order valence-corrected chi connectivity index (χ4v) is 6.73. The molecule has 202 valence electrons. The standard InChI is InChI=1S/C29H34F2N4O3/c1-28(2)15-20(16-28)35-24(36)6-4-19-13-21(17-32-26(19)35)38-12-11-34-9-7-29(8-10-34)22-14-18(25(30)31)3-5-23(22)33-27(29)37/h3,5,13-14,17,20,25H,4,6-12,15-16H2,1-2H3,(H,33,37). The van der Waals surface area contributed by atoms with Gasteiger partial charge in [0.15, 0.2) is 0 Å². The summed E-state index contributed by atoms with van der Waals surface area (Å²) >= 11 is 0. The van der Waals surface area contributed by atoms with Crippen LogP contribution in [0.5, 0.6) is 5.75 Å². The number of rotatable bonds is 6. The first-order valence-corrected chi connectivity index (χ1v) is 13.6. The van der Waals surface area contributed by atoms with Crippen molar-refractivity contribution in [2.45, 2.75) is 70.3 Å². The normalized spacial score (nSPS) is 22.3. The Morgan fingerprint density at radius 3 is 2.61 bits per heavy atom. The molecule has 3 aliphatic heterocycles. The number of carbonyl (C=O) groups is 2. The van der Waals surface area contributed by atoms with Gasteiger partial charge in [-0.2, -0.15) is 0 Å². The van der Waals surface area contributed by atoms with Crippen LogP contribution in [0.3, 0.4) is 0 Å². The lowest BCUT2D eigenvalue weighted by molar-refractivity contribution is -0.122. The fraction of sp³-hybridized carbons (Fsp3) is 0.552. The Labute approximate surface area is 221 Å². The van der Waals surface area contributed by atoms with Crippen LogP contribution in [-0.4, -0.2) is 54.0 Å². The lowest BCUT2D eigenvalue weighted by atomic mass is 9.67. The molecule has 1 N–H and O–H groups in total. The van der Waals surface area contributed by atoms with Gasteiger partial charge in [-0.05, 0) is 79.9 Å². The van der Waals surface area contributed by atoms with Crippen LogP contribution in [-0.2, 0) is 21.4 Å². The van der Waals surface area contributed by atoms with Crippen molar-refractivity contribution in [1.29, 1.82) is 0 Å². The van der Waals surface area contributed by atoms with Crippen LogP contribution in [0.1, 0.15) is 69.1 Å². The minimum absolute atomic E-state index is 0.0434. The zero-order valence-corrected chi connectivity index (χ0v) is 21.9. The zero-order valence-electron chi connectivity index (χ0n) is 21.9. The Hall–Kier alpha value is -3.07. The van der Waals surface area contributed by atoms with E-state index in [4.69, 9.17) is 4.74 Å². The summed E-state index contributed by atoms with van der Waals surface area (Å²) in [6.07, 6.45) is 3.49. The summed E-state index contributed by atoms with van der Waals surface area (Å²) in [7, 11) is 0. The molecule has 0 unspecified atom stereocenters. The summed E-state index contributed by atoms with van der Waals surface area (Å²) in [5.74, 6) is 1.55. The highest BCUT2D eigenvalue weighted by molar-refractivity contribution is 6.06. The van der Waals surface area contributed by atoms with Gasteiger partial charge in [-0.3, -0.25) is 19.4 Å². The lowest BCUT2D eigenvalue weighted by Crippen LogP contribution is -2.53. The number of ether oxygens (including phenoxy) is 1. The molecule has 6 rings (SSSR count). The van der Waals surface area contributed by atoms with Gasteiger partial charge >= 0.3 is 0 Å². The van der Waals surface area contributed by atoms with Gasteiger partial charge in [0.2, 0.25) is 11.8 Å². The first kappa shape index (κ1) is 25.2. The Kier molecular flexibility index (Phi) is 6.17. The highest BCUT2D eigenvalue weighted by Gasteiger charge is 2.48. The molecule has 1 spiro atoms. The number of halogens is 2. The highest BCUT2D eigenvalue weighted by Crippen LogP contribution is 2.47. The van der Waals surface area contributed by atoms with Gasteiger partial charge in [-0.25, -0.2) is 13.8 Å². The number of piperidine rings is 1. The molecular weight excluding hydrogens is 490 g/mol. The average Bonchev–Trinajstić information content (AvgIpc) is 3.14. The van der Waals surface area contributed by atoms with Crippen molar-refractivity contribution < 1.29 is 23.1 Å². The number of nitrogens with zero attached hydrogens (tertiary/aromatic N) is 3. The van der Waals surface area contributed by atoms with Crippen molar-refractivity contribution >= 4 is 23.3 Å². The number of alkyl halides is 2. The number of likely N-dealkylation sites (tertiary alicyclic amines) is 1. The van der Waals surface area contributed by atoms with Crippen molar-refractivity contribution in [2.75, 3.05) is 36.5 Å². The maximum atomic E-state index is 13.3. The third kappa shape index (κ3) is 4.34. The fourth-order valence-electron chi connectivity index (χ4n) is 6.73. The number of hydrogen-bond donors (Lipinski definition) is 1. The van der Waals surface area contributed by atoms with E-state index < -0.39 is 11.8 Å². The molecule has 0 atom stereocenters. The second-order valence-electron chi connectivity index (χ2n) is 12.0.